The van der Waals surface area contributed by atoms with Crippen molar-refractivity contribution >= 4 is 43.0 Å². The van der Waals surface area contributed by atoms with Gasteiger partial charge in [-0.25, -0.2) is 16.8 Å². The van der Waals surface area contributed by atoms with Crippen LogP contribution in [0.1, 0.15) is 5.56 Å². The van der Waals surface area contributed by atoms with Crippen molar-refractivity contribution < 1.29 is 31.1 Å². The second kappa shape index (κ2) is 10.9. The zero-order valence-electron chi connectivity index (χ0n) is 20.2. The number of carbonyl (C=O) groups excluding carboxylic acids is 1. The molecule has 3 aromatic carbocycles. The average Bonchev–Trinajstić information content (AvgIpc) is 2.82. The predicted molar refractivity (Wildman–Crippen MR) is 139 cm³/mol. The lowest BCUT2D eigenvalue weighted by Gasteiger charge is -2.22. The Bertz CT molecular complexity index is 1440. The third-order valence-electron chi connectivity index (χ3n) is 5.11. The molecule has 0 aliphatic rings. The van der Waals surface area contributed by atoms with Gasteiger partial charge >= 0.3 is 0 Å². The highest BCUT2D eigenvalue weighted by Gasteiger charge is 2.21. The fourth-order valence-corrected chi connectivity index (χ4v) is 5.17. The molecule has 1 amide bonds. The van der Waals surface area contributed by atoms with Gasteiger partial charge in [0.05, 0.1) is 36.7 Å². The number of ether oxygens (including phenoxy) is 2. The van der Waals surface area contributed by atoms with Crippen molar-refractivity contribution in [1.29, 1.82) is 0 Å². The number of sulfonamides is 2. The first-order chi connectivity index (χ1) is 16.9. The SMILES string of the molecule is COc1ccc(OC)c(NS(=O)(=O)c2ccc(NC(=O)CN(c3ccc(C)cc3)S(C)(=O)=O)cc2)c1. The number of hydrogen-bond acceptors (Lipinski definition) is 7. The molecule has 0 fully saturated rings. The van der Waals surface area contributed by atoms with Crippen molar-refractivity contribution in [2.45, 2.75) is 11.8 Å². The first-order valence-corrected chi connectivity index (χ1v) is 14.0. The Labute approximate surface area is 211 Å². The van der Waals surface area contributed by atoms with Crippen molar-refractivity contribution in [1.82, 2.24) is 0 Å². The normalized spacial score (nSPS) is 11.4. The van der Waals surface area contributed by atoms with Crippen molar-refractivity contribution in [3.8, 4) is 11.5 Å². The summed E-state index contributed by atoms with van der Waals surface area (Å²) in [5.74, 6) is 0.170. The van der Waals surface area contributed by atoms with Crippen LogP contribution < -0.4 is 23.8 Å². The highest BCUT2D eigenvalue weighted by atomic mass is 32.2. The van der Waals surface area contributed by atoms with E-state index in [9.17, 15) is 21.6 Å². The summed E-state index contributed by atoms with van der Waals surface area (Å²) in [4.78, 5) is 12.5. The zero-order valence-corrected chi connectivity index (χ0v) is 21.8. The summed E-state index contributed by atoms with van der Waals surface area (Å²) in [5.41, 5.74) is 1.81. The topological polar surface area (TPSA) is 131 Å². The van der Waals surface area contributed by atoms with Gasteiger partial charge in [-0.05, 0) is 55.5 Å². The number of nitrogens with zero attached hydrogens (tertiary/aromatic N) is 1. The van der Waals surface area contributed by atoms with E-state index < -0.39 is 32.5 Å². The summed E-state index contributed by atoms with van der Waals surface area (Å²) >= 11 is 0. The molecule has 0 aromatic heterocycles. The Balaban J connectivity index is 1.73. The number of amides is 1. The van der Waals surface area contributed by atoms with Crippen LogP contribution in [0.2, 0.25) is 0 Å². The minimum absolute atomic E-state index is 0.0530. The van der Waals surface area contributed by atoms with Gasteiger partial charge in [-0.1, -0.05) is 17.7 Å². The zero-order chi connectivity index (χ0) is 26.5. The van der Waals surface area contributed by atoms with E-state index in [1.807, 2.05) is 6.92 Å². The standard InChI is InChI=1S/C24H27N3O7S2/c1-17-5-9-19(10-6-17)27(35(4,29)30)16-24(28)25-18-7-12-21(13-8-18)36(31,32)26-22-15-20(33-2)11-14-23(22)34-3/h5-15,26H,16H2,1-4H3,(H,25,28). The summed E-state index contributed by atoms with van der Waals surface area (Å²) < 4.78 is 64.0. The lowest BCUT2D eigenvalue weighted by molar-refractivity contribution is -0.114. The maximum atomic E-state index is 12.9. The molecule has 0 spiro atoms. The second-order valence-corrected chi connectivity index (χ2v) is 11.4. The second-order valence-electron chi connectivity index (χ2n) is 7.85. The number of carbonyl (C=O) groups is 1. The molecule has 0 saturated carbocycles. The molecule has 0 atom stereocenters. The number of methoxy groups -OCH3 is 2. The largest absolute Gasteiger partial charge is 0.497 e. The Morgan fingerprint density at radius 2 is 1.53 bits per heavy atom. The number of aryl methyl sites for hydroxylation is 1. The number of anilines is 3. The molecule has 36 heavy (non-hydrogen) atoms. The molecule has 0 saturated heterocycles. The number of benzene rings is 3. The van der Waals surface area contributed by atoms with E-state index >= 15 is 0 Å². The Hall–Kier alpha value is -3.77. The fourth-order valence-electron chi connectivity index (χ4n) is 3.26. The molecular weight excluding hydrogens is 506 g/mol. The van der Waals surface area contributed by atoms with Gasteiger partial charge in [0.2, 0.25) is 15.9 Å². The van der Waals surface area contributed by atoms with E-state index in [4.69, 9.17) is 9.47 Å². The smallest absolute Gasteiger partial charge is 0.262 e. The van der Waals surface area contributed by atoms with E-state index in [0.717, 1.165) is 16.1 Å². The molecule has 12 heteroatoms. The van der Waals surface area contributed by atoms with Crippen LogP contribution in [-0.4, -0.2) is 49.8 Å². The van der Waals surface area contributed by atoms with Gasteiger partial charge in [0.15, 0.2) is 0 Å². The van der Waals surface area contributed by atoms with E-state index in [1.54, 1.807) is 36.4 Å². The molecule has 0 aliphatic heterocycles. The molecule has 3 rings (SSSR count). The van der Waals surface area contributed by atoms with Gasteiger partial charge in [0, 0.05) is 11.8 Å². The Morgan fingerprint density at radius 3 is 2.08 bits per heavy atom. The van der Waals surface area contributed by atoms with Crippen LogP contribution in [0.15, 0.2) is 71.6 Å². The molecule has 0 bridgehead atoms. The van der Waals surface area contributed by atoms with Crippen molar-refractivity contribution in [3.63, 3.8) is 0 Å². The minimum atomic E-state index is -3.98. The van der Waals surface area contributed by atoms with Gasteiger partial charge in [-0.3, -0.25) is 13.8 Å². The van der Waals surface area contributed by atoms with Crippen LogP contribution in [-0.2, 0) is 24.8 Å². The maximum Gasteiger partial charge on any atom is 0.262 e. The van der Waals surface area contributed by atoms with Gasteiger partial charge < -0.3 is 14.8 Å². The first-order valence-electron chi connectivity index (χ1n) is 10.6. The monoisotopic (exact) mass is 533 g/mol. The Kier molecular flexibility index (Phi) is 8.10. The van der Waals surface area contributed by atoms with Crippen LogP contribution in [0, 0.1) is 6.92 Å². The first kappa shape index (κ1) is 26.8. The molecule has 192 valence electrons. The summed E-state index contributed by atoms with van der Waals surface area (Å²) in [6, 6.07) is 16.9. The maximum absolute atomic E-state index is 12.9. The summed E-state index contributed by atoms with van der Waals surface area (Å²) in [7, 11) is -4.82. The van der Waals surface area contributed by atoms with Gasteiger partial charge in [-0.15, -0.1) is 0 Å². The average molecular weight is 534 g/mol. The van der Waals surface area contributed by atoms with Crippen LogP contribution >= 0.6 is 0 Å². The van der Waals surface area contributed by atoms with Crippen LogP contribution in [0.25, 0.3) is 0 Å². The Morgan fingerprint density at radius 1 is 0.889 bits per heavy atom. The van der Waals surface area contributed by atoms with Crippen molar-refractivity contribution in [2.75, 3.05) is 41.4 Å². The number of rotatable bonds is 10. The number of hydrogen-bond donors (Lipinski definition) is 2. The third-order valence-corrected chi connectivity index (χ3v) is 7.63. The highest BCUT2D eigenvalue weighted by molar-refractivity contribution is 7.92. The van der Waals surface area contributed by atoms with Crippen molar-refractivity contribution in [2.24, 2.45) is 0 Å². The lowest BCUT2D eigenvalue weighted by atomic mass is 10.2. The van der Waals surface area contributed by atoms with E-state index in [-0.39, 0.29) is 10.6 Å². The summed E-state index contributed by atoms with van der Waals surface area (Å²) in [6.45, 7) is 1.42. The lowest BCUT2D eigenvalue weighted by Crippen LogP contribution is -2.37. The molecule has 0 radical (unpaired) electrons. The quantitative estimate of drug-likeness (QED) is 0.409. The summed E-state index contributed by atoms with van der Waals surface area (Å²) in [5, 5.41) is 2.59. The minimum Gasteiger partial charge on any atom is -0.497 e. The molecule has 0 heterocycles. The fraction of sp³-hybridized carbons (Fsp3) is 0.208. The van der Waals surface area contributed by atoms with E-state index in [1.165, 1.54) is 44.6 Å². The molecule has 0 unspecified atom stereocenters. The van der Waals surface area contributed by atoms with Crippen LogP contribution in [0.5, 0.6) is 11.5 Å². The predicted octanol–water partition coefficient (Wildman–Crippen LogP) is 3.22. The molecule has 10 nitrogen and oxygen atoms in total. The summed E-state index contributed by atoms with van der Waals surface area (Å²) in [6.07, 6.45) is 1.02. The molecular formula is C24H27N3O7S2. The van der Waals surface area contributed by atoms with Gasteiger partial charge in [-0.2, -0.15) is 0 Å². The van der Waals surface area contributed by atoms with Crippen molar-refractivity contribution in [3.05, 3.63) is 72.3 Å². The third kappa shape index (κ3) is 6.67. The molecule has 0 aliphatic carbocycles. The van der Waals surface area contributed by atoms with E-state index in [2.05, 4.69) is 10.0 Å². The molecule has 3 aromatic rings. The van der Waals surface area contributed by atoms with E-state index in [0.29, 0.717) is 22.9 Å². The highest BCUT2D eigenvalue weighted by Crippen LogP contribution is 2.31. The van der Waals surface area contributed by atoms with Crippen LogP contribution in [0.4, 0.5) is 17.1 Å². The molecule has 2 N–H and O–H groups in total. The van der Waals surface area contributed by atoms with Crippen LogP contribution in [0.3, 0.4) is 0 Å². The van der Waals surface area contributed by atoms with Gasteiger partial charge in [0.25, 0.3) is 10.0 Å². The van der Waals surface area contributed by atoms with Gasteiger partial charge in [0.1, 0.15) is 18.0 Å². The number of nitrogens with one attached hydrogen (secondary N) is 2.